The van der Waals surface area contributed by atoms with Crippen LogP contribution in [0.4, 0.5) is 0 Å². The van der Waals surface area contributed by atoms with Crippen LogP contribution in [-0.4, -0.2) is 16.1 Å². The van der Waals surface area contributed by atoms with Crippen LogP contribution in [0.3, 0.4) is 0 Å². The van der Waals surface area contributed by atoms with Gasteiger partial charge in [-0.3, -0.25) is 4.98 Å². The van der Waals surface area contributed by atoms with Gasteiger partial charge in [0.25, 0.3) is 0 Å². The van der Waals surface area contributed by atoms with Crippen LogP contribution in [0.15, 0.2) is 30.5 Å². The molecule has 2 aromatic rings. The van der Waals surface area contributed by atoms with Gasteiger partial charge >= 0.3 is 0 Å². The van der Waals surface area contributed by atoms with Gasteiger partial charge in [-0.2, -0.15) is 0 Å². The monoisotopic (exact) mass is 274 g/mol. The third kappa shape index (κ3) is 2.84. The van der Waals surface area contributed by atoms with E-state index in [4.69, 9.17) is 22.7 Å². The maximum absolute atomic E-state index is 6.07. The standard InChI is InChI=1S/C15H18N2OS/c1-9(2)10(3)18-14-11-6-4-5-7-13(11)17-8-12(14)15(16)19/h4-10H,1-3H3,(H2,16,19). The average molecular weight is 274 g/mol. The fourth-order valence-electron chi connectivity index (χ4n) is 1.74. The molecule has 0 fully saturated rings. The van der Waals surface area contributed by atoms with E-state index in [0.29, 0.717) is 16.5 Å². The number of rotatable bonds is 4. The van der Waals surface area contributed by atoms with Gasteiger partial charge in [0.05, 0.1) is 17.2 Å². The summed E-state index contributed by atoms with van der Waals surface area (Å²) in [6.45, 7) is 6.28. The van der Waals surface area contributed by atoms with Gasteiger partial charge in [-0.1, -0.05) is 38.2 Å². The third-order valence-corrected chi connectivity index (χ3v) is 3.45. The molecule has 100 valence electrons. The molecule has 0 amide bonds. The summed E-state index contributed by atoms with van der Waals surface area (Å²) >= 11 is 5.09. The fraction of sp³-hybridized carbons (Fsp3) is 0.333. The Bertz CT molecular complexity index is 610. The molecule has 1 aromatic carbocycles. The summed E-state index contributed by atoms with van der Waals surface area (Å²) in [6.07, 6.45) is 1.77. The van der Waals surface area contributed by atoms with E-state index in [1.54, 1.807) is 6.20 Å². The van der Waals surface area contributed by atoms with Crippen molar-refractivity contribution in [3.05, 3.63) is 36.0 Å². The molecule has 0 spiro atoms. The molecule has 1 heterocycles. The maximum Gasteiger partial charge on any atom is 0.140 e. The molecule has 2 rings (SSSR count). The van der Waals surface area contributed by atoms with Gasteiger partial charge in [0.15, 0.2) is 0 Å². The smallest absolute Gasteiger partial charge is 0.140 e. The number of hydrogen-bond donors (Lipinski definition) is 1. The number of hydrogen-bond acceptors (Lipinski definition) is 3. The molecule has 0 saturated heterocycles. The molecule has 0 saturated carbocycles. The van der Waals surface area contributed by atoms with Crippen LogP contribution >= 0.6 is 12.2 Å². The Morgan fingerprint density at radius 2 is 1.95 bits per heavy atom. The van der Waals surface area contributed by atoms with Gasteiger partial charge in [0.2, 0.25) is 0 Å². The summed E-state index contributed by atoms with van der Waals surface area (Å²) in [7, 11) is 0. The van der Waals surface area contributed by atoms with Crippen molar-refractivity contribution >= 4 is 28.1 Å². The van der Waals surface area contributed by atoms with Crippen molar-refractivity contribution in [2.75, 3.05) is 0 Å². The molecule has 0 aliphatic carbocycles. The lowest BCUT2D eigenvalue weighted by molar-refractivity contribution is 0.172. The van der Waals surface area contributed by atoms with Crippen molar-refractivity contribution in [3.8, 4) is 5.75 Å². The minimum absolute atomic E-state index is 0.0823. The first-order valence-corrected chi connectivity index (χ1v) is 6.75. The van der Waals surface area contributed by atoms with Crippen molar-refractivity contribution in [1.82, 2.24) is 4.98 Å². The maximum atomic E-state index is 6.07. The zero-order valence-electron chi connectivity index (χ0n) is 11.4. The SMILES string of the molecule is CC(C)C(C)Oc1c(C(N)=S)cnc2ccccc12. The molecular formula is C15H18N2OS. The fourth-order valence-corrected chi connectivity index (χ4v) is 1.89. The molecule has 0 bridgehead atoms. The average Bonchev–Trinajstić information content (AvgIpc) is 2.38. The number of benzene rings is 1. The molecule has 19 heavy (non-hydrogen) atoms. The lowest BCUT2D eigenvalue weighted by Crippen LogP contribution is -2.21. The number of aromatic nitrogens is 1. The lowest BCUT2D eigenvalue weighted by Gasteiger charge is -2.21. The largest absolute Gasteiger partial charge is 0.489 e. The van der Waals surface area contributed by atoms with E-state index in [2.05, 4.69) is 18.8 Å². The highest BCUT2D eigenvalue weighted by Crippen LogP contribution is 2.30. The molecular weight excluding hydrogens is 256 g/mol. The van der Waals surface area contributed by atoms with Crippen molar-refractivity contribution in [1.29, 1.82) is 0 Å². The first-order chi connectivity index (χ1) is 9.00. The van der Waals surface area contributed by atoms with Crippen LogP contribution in [0, 0.1) is 5.92 Å². The summed E-state index contributed by atoms with van der Waals surface area (Å²) in [5.41, 5.74) is 7.35. The van der Waals surface area contributed by atoms with Crippen LogP contribution in [0.25, 0.3) is 10.9 Å². The van der Waals surface area contributed by atoms with Crippen molar-refractivity contribution in [2.24, 2.45) is 11.7 Å². The molecule has 1 atom stereocenters. The summed E-state index contributed by atoms with van der Waals surface area (Å²) in [6, 6.07) is 7.84. The Hall–Kier alpha value is -1.68. The van der Waals surface area contributed by atoms with Crippen LogP contribution in [-0.2, 0) is 0 Å². The minimum atomic E-state index is 0.0823. The highest BCUT2D eigenvalue weighted by molar-refractivity contribution is 7.80. The Labute approximate surface area is 118 Å². The number of nitrogens with two attached hydrogens (primary N) is 1. The van der Waals surface area contributed by atoms with E-state index in [9.17, 15) is 0 Å². The van der Waals surface area contributed by atoms with Gasteiger partial charge in [-0.05, 0) is 25.0 Å². The first kappa shape index (κ1) is 13.7. The first-order valence-electron chi connectivity index (χ1n) is 6.35. The van der Waals surface area contributed by atoms with E-state index in [-0.39, 0.29) is 6.10 Å². The quantitative estimate of drug-likeness (QED) is 0.869. The molecule has 0 aliphatic heterocycles. The Balaban J connectivity index is 2.59. The van der Waals surface area contributed by atoms with Crippen molar-refractivity contribution < 1.29 is 4.74 Å². The van der Waals surface area contributed by atoms with Gasteiger partial charge in [0, 0.05) is 11.6 Å². The zero-order valence-corrected chi connectivity index (χ0v) is 12.2. The highest BCUT2D eigenvalue weighted by Gasteiger charge is 2.16. The molecule has 3 nitrogen and oxygen atoms in total. The van der Waals surface area contributed by atoms with E-state index in [0.717, 1.165) is 16.7 Å². The second-order valence-corrected chi connectivity index (χ2v) is 5.39. The normalized spacial score (nSPS) is 12.6. The van der Waals surface area contributed by atoms with E-state index in [1.165, 1.54) is 0 Å². The molecule has 0 aliphatic rings. The Morgan fingerprint density at radius 3 is 2.58 bits per heavy atom. The van der Waals surface area contributed by atoms with Crippen LogP contribution in [0.5, 0.6) is 5.75 Å². The van der Waals surface area contributed by atoms with Gasteiger partial charge in [-0.15, -0.1) is 0 Å². The van der Waals surface area contributed by atoms with Crippen molar-refractivity contribution in [2.45, 2.75) is 26.9 Å². The molecule has 0 radical (unpaired) electrons. The minimum Gasteiger partial charge on any atom is -0.489 e. The van der Waals surface area contributed by atoms with Gasteiger partial charge in [0.1, 0.15) is 10.7 Å². The van der Waals surface area contributed by atoms with Crippen LogP contribution in [0.1, 0.15) is 26.3 Å². The second-order valence-electron chi connectivity index (χ2n) is 4.95. The van der Waals surface area contributed by atoms with Crippen LogP contribution < -0.4 is 10.5 Å². The predicted molar refractivity (Wildman–Crippen MR) is 82.6 cm³/mol. The summed E-state index contributed by atoms with van der Waals surface area (Å²) < 4.78 is 6.07. The lowest BCUT2D eigenvalue weighted by atomic mass is 10.1. The molecule has 1 unspecified atom stereocenters. The van der Waals surface area contributed by atoms with Gasteiger partial charge < -0.3 is 10.5 Å². The van der Waals surface area contributed by atoms with E-state index in [1.807, 2.05) is 31.2 Å². The number of ether oxygens (including phenoxy) is 1. The molecule has 4 heteroatoms. The summed E-state index contributed by atoms with van der Waals surface area (Å²) in [5.74, 6) is 1.14. The summed E-state index contributed by atoms with van der Waals surface area (Å²) in [4.78, 5) is 4.68. The van der Waals surface area contributed by atoms with Crippen molar-refractivity contribution in [3.63, 3.8) is 0 Å². The molecule has 1 aromatic heterocycles. The second kappa shape index (κ2) is 5.53. The Kier molecular flexibility index (Phi) is 4.00. The Morgan fingerprint density at radius 1 is 1.26 bits per heavy atom. The number of pyridine rings is 1. The van der Waals surface area contributed by atoms with E-state index >= 15 is 0 Å². The van der Waals surface area contributed by atoms with E-state index < -0.39 is 0 Å². The number of para-hydroxylation sites is 1. The highest BCUT2D eigenvalue weighted by atomic mass is 32.1. The van der Waals surface area contributed by atoms with Gasteiger partial charge in [-0.25, -0.2) is 0 Å². The number of nitrogens with zero attached hydrogens (tertiary/aromatic N) is 1. The number of fused-ring (bicyclic) bond motifs is 1. The van der Waals surface area contributed by atoms with Crippen LogP contribution in [0.2, 0.25) is 0 Å². The molecule has 2 N–H and O–H groups in total. The number of thiocarbonyl (C=S) groups is 1. The summed E-state index contributed by atoms with van der Waals surface area (Å²) in [5, 5.41) is 0.945. The zero-order chi connectivity index (χ0) is 14.0. The topological polar surface area (TPSA) is 48.1 Å². The predicted octanol–water partition coefficient (Wildman–Crippen LogP) is 3.29. The third-order valence-electron chi connectivity index (χ3n) is 3.23.